The van der Waals surface area contributed by atoms with Crippen LogP contribution in [0.3, 0.4) is 0 Å². The summed E-state index contributed by atoms with van der Waals surface area (Å²) in [5.41, 5.74) is -0.630. The Labute approximate surface area is 152 Å². The second-order valence-electron chi connectivity index (χ2n) is 5.95. The standard InChI is InChI=1S/C18H20ClNO4S/c1-4-25(22,23)16-11-7-14(8-12-16)20-17(21)18(2,3)24-15-9-5-13(19)6-10-15/h5-12H,4H2,1-3H3,(H,20,21). The molecule has 0 fully saturated rings. The van der Waals surface area contributed by atoms with E-state index in [1.807, 2.05) is 0 Å². The summed E-state index contributed by atoms with van der Waals surface area (Å²) < 4.78 is 29.3. The van der Waals surface area contributed by atoms with Crippen molar-refractivity contribution in [2.75, 3.05) is 11.1 Å². The van der Waals surface area contributed by atoms with Crippen LogP contribution in [0.2, 0.25) is 5.02 Å². The minimum Gasteiger partial charge on any atom is -0.478 e. The molecule has 7 heteroatoms. The maximum Gasteiger partial charge on any atom is 0.267 e. The van der Waals surface area contributed by atoms with E-state index >= 15 is 0 Å². The van der Waals surface area contributed by atoms with E-state index in [-0.39, 0.29) is 16.6 Å². The molecule has 0 saturated carbocycles. The molecule has 0 aliphatic heterocycles. The molecule has 0 heterocycles. The monoisotopic (exact) mass is 381 g/mol. The molecule has 0 bridgehead atoms. The highest BCUT2D eigenvalue weighted by Gasteiger charge is 2.30. The number of benzene rings is 2. The first-order valence-corrected chi connectivity index (χ1v) is 9.76. The van der Waals surface area contributed by atoms with E-state index < -0.39 is 15.4 Å². The Hall–Kier alpha value is -2.05. The average molecular weight is 382 g/mol. The largest absolute Gasteiger partial charge is 0.478 e. The lowest BCUT2D eigenvalue weighted by atomic mass is 10.1. The maximum atomic E-state index is 12.5. The fraction of sp³-hybridized carbons (Fsp3) is 0.278. The van der Waals surface area contributed by atoms with Crippen molar-refractivity contribution in [1.82, 2.24) is 0 Å². The number of nitrogens with one attached hydrogen (secondary N) is 1. The molecule has 2 aromatic carbocycles. The number of carbonyl (C=O) groups is 1. The number of sulfone groups is 1. The minimum atomic E-state index is -3.26. The van der Waals surface area contributed by atoms with Gasteiger partial charge >= 0.3 is 0 Å². The second-order valence-corrected chi connectivity index (χ2v) is 8.66. The van der Waals surface area contributed by atoms with E-state index in [0.29, 0.717) is 16.5 Å². The quantitative estimate of drug-likeness (QED) is 0.822. The maximum absolute atomic E-state index is 12.5. The molecule has 2 aromatic rings. The predicted octanol–water partition coefficient (Wildman–Crippen LogP) is 3.93. The molecule has 5 nitrogen and oxygen atoms in total. The van der Waals surface area contributed by atoms with Gasteiger partial charge in [-0.2, -0.15) is 0 Å². The van der Waals surface area contributed by atoms with E-state index in [9.17, 15) is 13.2 Å². The Morgan fingerprint density at radius 1 is 1.08 bits per heavy atom. The van der Waals surface area contributed by atoms with Gasteiger partial charge in [0.05, 0.1) is 10.6 Å². The highest BCUT2D eigenvalue weighted by atomic mass is 35.5. The van der Waals surface area contributed by atoms with Gasteiger partial charge in [-0.1, -0.05) is 18.5 Å². The average Bonchev–Trinajstić information content (AvgIpc) is 2.57. The van der Waals surface area contributed by atoms with Gasteiger partial charge in [-0.05, 0) is 62.4 Å². The summed E-state index contributed by atoms with van der Waals surface area (Å²) in [6.07, 6.45) is 0. The van der Waals surface area contributed by atoms with Crippen LogP contribution in [0.25, 0.3) is 0 Å². The number of carbonyl (C=O) groups excluding carboxylic acids is 1. The SMILES string of the molecule is CCS(=O)(=O)c1ccc(NC(=O)C(C)(C)Oc2ccc(Cl)cc2)cc1. The predicted molar refractivity (Wildman–Crippen MR) is 99.0 cm³/mol. The summed E-state index contributed by atoms with van der Waals surface area (Å²) in [7, 11) is -3.26. The Morgan fingerprint density at radius 2 is 1.64 bits per heavy atom. The number of hydrogen-bond donors (Lipinski definition) is 1. The summed E-state index contributed by atoms with van der Waals surface area (Å²) >= 11 is 5.83. The summed E-state index contributed by atoms with van der Waals surface area (Å²) in [5.74, 6) is 0.197. The molecule has 0 unspecified atom stereocenters. The van der Waals surface area contributed by atoms with E-state index in [2.05, 4.69) is 5.32 Å². The van der Waals surface area contributed by atoms with Crippen LogP contribution < -0.4 is 10.1 Å². The highest BCUT2D eigenvalue weighted by Crippen LogP contribution is 2.22. The third-order valence-electron chi connectivity index (χ3n) is 3.58. The molecule has 0 aromatic heterocycles. The third kappa shape index (κ3) is 4.96. The molecule has 1 N–H and O–H groups in total. The van der Waals surface area contributed by atoms with Gasteiger partial charge < -0.3 is 10.1 Å². The molecule has 0 spiro atoms. The van der Waals surface area contributed by atoms with Crippen LogP contribution in [-0.2, 0) is 14.6 Å². The van der Waals surface area contributed by atoms with Crippen LogP contribution >= 0.6 is 11.6 Å². The molecule has 0 aliphatic rings. The molecule has 25 heavy (non-hydrogen) atoms. The third-order valence-corrected chi connectivity index (χ3v) is 5.59. The van der Waals surface area contributed by atoms with E-state index in [4.69, 9.17) is 16.3 Å². The van der Waals surface area contributed by atoms with Crippen molar-refractivity contribution in [2.24, 2.45) is 0 Å². The van der Waals surface area contributed by atoms with Gasteiger partial charge in [-0.3, -0.25) is 4.79 Å². The van der Waals surface area contributed by atoms with Crippen molar-refractivity contribution < 1.29 is 17.9 Å². The Balaban J connectivity index is 2.08. The molecule has 0 saturated heterocycles. The fourth-order valence-electron chi connectivity index (χ4n) is 2.04. The lowest BCUT2D eigenvalue weighted by Crippen LogP contribution is -2.42. The normalized spacial score (nSPS) is 11.8. The Morgan fingerprint density at radius 3 is 2.16 bits per heavy atom. The topological polar surface area (TPSA) is 72.5 Å². The summed E-state index contributed by atoms with van der Waals surface area (Å²) in [5, 5.41) is 3.31. The van der Waals surface area contributed by atoms with Crippen molar-refractivity contribution in [1.29, 1.82) is 0 Å². The smallest absolute Gasteiger partial charge is 0.267 e. The first-order valence-electron chi connectivity index (χ1n) is 7.73. The van der Waals surface area contributed by atoms with Gasteiger partial charge in [0, 0.05) is 10.7 Å². The van der Waals surface area contributed by atoms with Crippen molar-refractivity contribution in [3.8, 4) is 5.75 Å². The van der Waals surface area contributed by atoms with E-state index in [1.54, 1.807) is 57.2 Å². The number of anilines is 1. The van der Waals surface area contributed by atoms with E-state index in [1.165, 1.54) is 12.1 Å². The van der Waals surface area contributed by atoms with E-state index in [0.717, 1.165) is 0 Å². The Kier molecular flexibility index (Phi) is 5.75. The number of amides is 1. The van der Waals surface area contributed by atoms with Gasteiger partial charge in [0.25, 0.3) is 5.91 Å². The molecule has 0 radical (unpaired) electrons. The zero-order valence-corrected chi connectivity index (χ0v) is 15.8. The Bertz CT molecular complexity index is 844. The van der Waals surface area contributed by atoms with Crippen LogP contribution in [0.4, 0.5) is 5.69 Å². The number of hydrogen-bond acceptors (Lipinski definition) is 4. The lowest BCUT2D eigenvalue weighted by Gasteiger charge is -2.25. The number of ether oxygens (including phenoxy) is 1. The van der Waals surface area contributed by atoms with Gasteiger partial charge in [-0.25, -0.2) is 8.42 Å². The van der Waals surface area contributed by atoms with Gasteiger partial charge in [0.15, 0.2) is 15.4 Å². The first-order chi connectivity index (χ1) is 11.6. The van der Waals surface area contributed by atoms with Crippen molar-refractivity contribution >= 4 is 33.0 Å². The number of halogens is 1. The lowest BCUT2D eigenvalue weighted by molar-refractivity contribution is -0.128. The second kappa shape index (κ2) is 7.45. The van der Waals surface area contributed by atoms with Crippen molar-refractivity contribution in [3.05, 3.63) is 53.6 Å². The van der Waals surface area contributed by atoms with Crippen LogP contribution in [0, 0.1) is 0 Å². The summed E-state index contributed by atoms with van der Waals surface area (Å²) in [4.78, 5) is 12.7. The van der Waals surface area contributed by atoms with Crippen LogP contribution in [0.15, 0.2) is 53.4 Å². The number of rotatable bonds is 6. The van der Waals surface area contributed by atoms with Gasteiger partial charge in [-0.15, -0.1) is 0 Å². The van der Waals surface area contributed by atoms with Crippen LogP contribution in [-0.4, -0.2) is 25.7 Å². The van der Waals surface area contributed by atoms with Crippen LogP contribution in [0.5, 0.6) is 5.75 Å². The molecule has 134 valence electrons. The van der Waals surface area contributed by atoms with Crippen molar-refractivity contribution in [3.63, 3.8) is 0 Å². The molecule has 0 atom stereocenters. The molecular formula is C18H20ClNO4S. The summed E-state index contributed by atoms with van der Waals surface area (Å²) in [6, 6.07) is 12.8. The van der Waals surface area contributed by atoms with Gasteiger partial charge in [0.1, 0.15) is 5.75 Å². The molecule has 1 amide bonds. The highest BCUT2D eigenvalue weighted by molar-refractivity contribution is 7.91. The van der Waals surface area contributed by atoms with Gasteiger partial charge in [0.2, 0.25) is 0 Å². The zero-order chi connectivity index (χ0) is 18.7. The van der Waals surface area contributed by atoms with Crippen molar-refractivity contribution in [2.45, 2.75) is 31.3 Å². The van der Waals surface area contributed by atoms with Crippen LogP contribution in [0.1, 0.15) is 20.8 Å². The molecular weight excluding hydrogens is 362 g/mol. The molecule has 0 aliphatic carbocycles. The fourth-order valence-corrected chi connectivity index (χ4v) is 3.05. The summed E-state index contributed by atoms with van der Waals surface area (Å²) in [6.45, 7) is 4.88. The zero-order valence-electron chi connectivity index (χ0n) is 14.2. The minimum absolute atomic E-state index is 0.0284. The molecule has 2 rings (SSSR count). The first kappa shape index (κ1) is 19.3.